The fourth-order valence-electron chi connectivity index (χ4n) is 3.82. The minimum absolute atomic E-state index is 0.145. The number of carboxylic acids is 1. The van der Waals surface area contributed by atoms with Crippen LogP contribution < -0.4 is 5.32 Å². The molecule has 2 N–H and O–H groups in total. The Balaban J connectivity index is 1.72. The normalized spacial score (nSPS) is 14.6. The largest absolute Gasteiger partial charge is 0.480 e. The minimum atomic E-state index is -4.77. The number of carbonyl (C=O) groups excluding carboxylic acids is 2. The Morgan fingerprint density at radius 3 is 2.06 bits per heavy atom. The summed E-state index contributed by atoms with van der Waals surface area (Å²) in [5.41, 5.74) is 3.81. The van der Waals surface area contributed by atoms with Crippen molar-refractivity contribution in [1.29, 1.82) is 0 Å². The van der Waals surface area contributed by atoms with Crippen molar-refractivity contribution in [2.45, 2.75) is 37.5 Å². The maximum absolute atomic E-state index is 13.0. The van der Waals surface area contributed by atoms with Crippen LogP contribution >= 0.6 is 0 Å². The van der Waals surface area contributed by atoms with E-state index in [9.17, 15) is 27.6 Å². The molecule has 33 heavy (non-hydrogen) atoms. The van der Waals surface area contributed by atoms with Gasteiger partial charge in [0.25, 0.3) is 0 Å². The van der Waals surface area contributed by atoms with Crippen LogP contribution in [0.2, 0.25) is 0 Å². The monoisotopic (exact) mass is 464 g/mol. The Hall–Kier alpha value is -3.56. The zero-order valence-corrected chi connectivity index (χ0v) is 17.9. The van der Waals surface area contributed by atoms with Gasteiger partial charge in [-0.05, 0) is 29.2 Å². The molecule has 0 radical (unpaired) electrons. The molecule has 10 heteroatoms. The van der Waals surface area contributed by atoms with Gasteiger partial charge in [0.2, 0.25) is 5.91 Å². The topological polar surface area (TPSA) is 95.9 Å². The van der Waals surface area contributed by atoms with Crippen molar-refractivity contribution in [3.05, 3.63) is 59.7 Å². The number of likely N-dealkylation sites (N-methyl/N-ethyl adjacent to an activating group) is 1. The second-order valence-electron chi connectivity index (χ2n) is 7.81. The highest BCUT2D eigenvalue weighted by atomic mass is 19.4. The van der Waals surface area contributed by atoms with Gasteiger partial charge >= 0.3 is 18.2 Å². The lowest BCUT2D eigenvalue weighted by Crippen LogP contribution is -2.53. The Morgan fingerprint density at radius 1 is 1.06 bits per heavy atom. The quantitative estimate of drug-likeness (QED) is 0.650. The predicted molar refractivity (Wildman–Crippen MR) is 113 cm³/mol. The summed E-state index contributed by atoms with van der Waals surface area (Å²) in [6, 6.07) is 11.7. The Morgan fingerprint density at radius 2 is 1.58 bits per heavy atom. The number of ether oxygens (including phenoxy) is 1. The van der Waals surface area contributed by atoms with Gasteiger partial charge in [0, 0.05) is 13.0 Å². The predicted octanol–water partition coefficient (Wildman–Crippen LogP) is 3.78. The van der Waals surface area contributed by atoms with E-state index in [0.717, 1.165) is 36.2 Å². The van der Waals surface area contributed by atoms with Crippen LogP contribution in [0.3, 0.4) is 0 Å². The van der Waals surface area contributed by atoms with Crippen molar-refractivity contribution < 1.29 is 37.4 Å². The second-order valence-corrected chi connectivity index (χ2v) is 7.81. The van der Waals surface area contributed by atoms with E-state index in [4.69, 9.17) is 9.84 Å². The molecule has 0 aliphatic heterocycles. The van der Waals surface area contributed by atoms with Crippen LogP contribution in [0.5, 0.6) is 0 Å². The number of fused-ring (bicyclic) bond motifs is 3. The highest BCUT2D eigenvalue weighted by Gasteiger charge is 2.39. The van der Waals surface area contributed by atoms with E-state index in [-0.39, 0.29) is 12.5 Å². The van der Waals surface area contributed by atoms with Crippen molar-refractivity contribution in [3.8, 4) is 11.1 Å². The molecular weight excluding hydrogens is 441 g/mol. The molecule has 2 aromatic carbocycles. The van der Waals surface area contributed by atoms with Gasteiger partial charge in [-0.15, -0.1) is 0 Å². The number of amides is 2. The van der Waals surface area contributed by atoms with Crippen LogP contribution in [-0.2, 0) is 14.3 Å². The number of nitrogens with one attached hydrogen (secondary N) is 1. The first-order valence-corrected chi connectivity index (χ1v) is 10.2. The van der Waals surface area contributed by atoms with Crippen LogP contribution in [0.4, 0.5) is 18.0 Å². The van der Waals surface area contributed by atoms with Crippen LogP contribution in [0, 0.1) is 0 Å². The fourth-order valence-corrected chi connectivity index (χ4v) is 3.82. The number of nitrogens with zero attached hydrogens (tertiary/aromatic N) is 1. The third-order valence-electron chi connectivity index (χ3n) is 5.66. The van der Waals surface area contributed by atoms with E-state index < -0.39 is 42.7 Å². The molecule has 1 aliphatic carbocycles. The number of rotatable bonds is 7. The summed E-state index contributed by atoms with van der Waals surface area (Å²) in [7, 11) is 1.06. The number of alkyl halides is 3. The Kier molecular flexibility index (Phi) is 6.95. The van der Waals surface area contributed by atoms with Crippen molar-refractivity contribution >= 4 is 18.0 Å². The lowest BCUT2D eigenvalue weighted by Gasteiger charge is -2.27. The molecule has 0 fully saturated rings. The number of carboxylic acid groups (broad SMARTS) is 1. The summed E-state index contributed by atoms with van der Waals surface area (Å²) >= 11 is 0. The summed E-state index contributed by atoms with van der Waals surface area (Å²) in [5, 5.41) is 11.0. The molecule has 2 aromatic rings. The molecule has 0 bridgehead atoms. The summed E-state index contributed by atoms with van der Waals surface area (Å²) in [4.78, 5) is 36.6. The van der Waals surface area contributed by atoms with Crippen LogP contribution in [0.15, 0.2) is 48.5 Å². The average Bonchev–Trinajstić information content (AvgIpc) is 3.08. The van der Waals surface area contributed by atoms with Crippen molar-refractivity contribution in [2.75, 3.05) is 13.7 Å². The summed E-state index contributed by atoms with van der Waals surface area (Å²) < 4.78 is 44.3. The van der Waals surface area contributed by atoms with Gasteiger partial charge < -0.3 is 20.1 Å². The first-order chi connectivity index (χ1) is 15.5. The van der Waals surface area contributed by atoms with Crippen LogP contribution in [0.25, 0.3) is 11.1 Å². The molecule has 0 spiro atoms. The Labute approximate surface area is 188 Å². The van der Waals surface area contributed by atoms with E-state index in [2.05, 4.69) is 0 Å². The smallest absolute Gasteiger partial charge is 0.407 e. The third kappa shape index (κ3) is 5.44. The molecule has 0 aromatic heterocycles. The molecule has 0 heterocycles. The maximum atomic E-state index is 13.0. The zero-order chi connectivity index (χ0) is 24.3. The summed E-state index contributed by atoms with van der Waals surface area (Å²) in [6.45, 7) is 1.01. The third-order valence-corrected chi connectivity index (χ3v) is 5.66. The van der Waals surface area contributed by atoms with Crippen LogP contribution in [-0.4, -0.2) is 59.9 Å². The van der Waals surface area contributed by atoms with Gasteiger partial charge in [0.15, 0.2) is 0 Å². The molecule has 1 aliphatic rings. The number of benzene rings is 2. The average molecular weight is 464 g/mol. The number of aliphatic carboxylic acids is 1. The zero-order valence-electron chi connectivity index (χ0n) is 17.9. The first-order valence-electron chi connectivity index (χ1n) is 10.2. The molecule has 176 valence electrons. The van der Waals surface area contributed by atoms with E-state index in [0.29, 0.717) is 4.90 Å². The van der Waals surface area contributed by atoms with Gasteiger partial charge in [-0.3, -0.25) is 4.79 Å². The van der Waals surface area contributed by atoms with Gasteiger partial charge in [-0.1, -0.05) is 48.5 Å². The first kappa shape index (κ1) is 24.1. The molecule has 3 rings (SSSR count). The highest BCUT2D eigenvalue weighted by Crippen LogP contribution is 2.44. The number of hydrogen-bond donors (Lipinski definition) is 2. The van der Waals surface area contributed by atoms with Crippen molar-refractivity contribution in [1.82, 2.24) is 10.2 Å². The lowest BCUT2D eigenvalue weighted by molar-refractivity contribution is -0.157. The molecule has 0 saturated carbocycles. The maximum Gasteiger partial charge on any atom is 0.407 e. The highest BCUT2D eigenvalue weighted by molar-refractivity contribution is 5.89. The van der Waals surface area contributed by atoms with Gasteiger partial charge in [-0.2, -0.15) is 13.2 Å². The van der Waals surface area contributed by atoms with E-state index in [1.165, 1.54) is 0 Å². The second kappa shape index (κ2) is 9.51. The SMILES string of the molecule is C[C@@H](C(=O)O)N(C)C(=O)C(CC(F)(F)F)NC(=O)OCC1c2ccccc2-c2ccccc21. The fraction of sp³-hybridized carbons (Fsp3) is 0.348. The van der Waals surface area contributed by atoms with Gasteiger partial charge in [-0.25, -0.2) is 9.59 Å². The summed E-state index contributed by atoms with van der Waals surface area (Å²) in [5.74, 6) is -2.89. The van der Waals surface area contributed by atoms with Crippen LogP contribution in [0.1, 0.15) is 30.4 Å². The molecule has 7 nitrogen and oxygen atoms in total. The van der Waals surface area contributed by atoms with E-state index >= 15 is 0 Å². The lowest BCUT2D eigenvalue weighted by atomic mass is 9.98. The van der Waals surface area contributed by atoms with Gasteiger partial charge in [0.05, 0.1) is 6.42 Å². The van der Waals surface area contributed by atoms with E-state index in [1.807, 2.05) is 53.8 Å². The molecule has 2 atom stereocenters. The summed E-state index contributed by atoms with van der Waals surface area (Å²) in [6.07, 6.45) is -7.63. The molecular formula is C23H23F3N2O5. The molecule has 0 saturated heterocycles. The Bertz CT molecular complexity index is 1010. The van der Waals surface area contributed by atoms with Crippen molar-refractivity contribution in [3.63, 3.8) is 0 Å². The molecule has 2 amide bonds. The van der Waals surface area contributed by atoms with Gasteiger partial charge in [0.1, 0.15) is 18.7 Å². The van der Waals surface area contributed by atoms with Crippen molar-refractivity contribution in [2.24, 2.45) is 0 Å². The number of halogens is 3. The number of carbonyl (C=O) groups is 3. The standard InChI is InChI=1S/C23H23F3N2O5/c1-13(21(30)31)28(2)20(29)19(11-23(24,25)26)27-22(32)33-12-18-16-9-5-3-7-14(16)15-8-4-6-10-17(15)18/h3-10,13,18-19H,11-12H2,1-2H3,(H,27,32)(H,30,31)/t13-,19?/m0/s1. The minimum Gasteiger partial charge on any atom is -0.480 e. The number of alkyl carbamates (subject to hydrolysis) is 1. The van der Waals surface area contributed by atoms with E-state index in [1.54, 1.807) is 0 Å². The molecule has 1 unspecified atom stereocenters. The number of hydrogen-bond acceptors (Lipinski definition) is 4.